The number of para-hydroxylation sites is 1. The highest BCUT2D eigenvalue weighted by Gasteiger charge is 2.31. The molecular formula is C15H22N2O3. The second-order valence-corrected chi connectivity index (χ2v) is 5.25. The lowest BCUT2D eigenvalue weighted by Crippen LogP contribution is -2.40. The third-order valence-corrected chi connectivity index (χ3v) is 3.72. The van der Waals surface area contributed by atoms with Crippen LogP contribution in [0, 0.1) is 6.92 Å². The molecule has 5 nitrogen and oxygen atoms in total. The van der Waals surface area contributed by atoms with Gasteiger partial charge in [-0.25, -0.2) is 0 Å². The average molecular weight is 278 g/mol. The molecule has 2 N–H and O–H groups in total. The third kappa shape index (κ3) is 3.17. The predicted octanol–water partition coefficient (Wildman–Crippen LogP) is 0.385. The fraction of sp³-hybridized carbons (Fsp3) is 0.533. The summed E-state index contributed by atoms with van der Waals surface area (Å²) in [5.74, 6) is -0.0110. The average Bonchev–Trinajstić information content (AvgIpc) is 2.71. The van der Waals surface area contributed by atoms with Gasteiger partial charge >= 0.3 is 0 Å². The first-order chi connectivity index (χ1) is 9.52. The molecule has 1 aromatic carbocycles. The maximum absolute atomic E-state index is 12.4. The van der Waals surface area contributed by atoms with Crippen molar-refractivity contribution in [3.05, 3.63) is 29.8 Å². The number of benzene rings is 1. The monoisotopic (exact) mass is 278 g/mol. The summed E-state index contributed by atoms with van der Waals surface area (Å²) in [6, 6.07) is 7.78. The lowest BCUT2D eigenvalue weighted by molar-refractivity contribution is -0.119. The quantitative estimate of drug-likeness (QED) is 0.836. The number of nitrogens with zero attached hydrogens (tertiary/aromatic N) is 2. The van der Waals surface area contributed by atoms with E-state index in [0.717, 1.165) is 11.3 Å². The van der Waals surface area contributed by atoms with Crippen molar-refractivity contribution in [3.63, 3.8) is 0 Å². The fourth-order valence-electron chi connectivity index (χ4n) is 2.60. The zero-order valence-electron chi connectivity index (χ0n) is 12.0. The third-order valence-electron chi connectivity index (χ3n) is 3.72. The molecule has 1 heterocycles. The van der Waals surface area contributed by atoms with E-state index < -0.39 is 12.2 Å². The maximum atomic E-state index is 12.4. The van der Waals surface area contributed by atoms with Gasteiger partial charge in [0.1, 0.15) is 0 Å². The molecule has 1 fully saturated rings. The topological polar surface area (TPSA) is 64.0 Å². The van der Waals surface area contributed by atoms with Gasteiger partial charge in [-0.3, -0.25) is 9.69 Å². The molecule has 0 unspecified atom stereocenters. The molecule has 20 heavy (non-hydrogen) atoms. The zero-order valence-corrected chi connectivity index (χ0v) is 12.0. The van der Waals surface area contributed by atoms with E-state index in [2.05, 4.69) is 0 Å². The zero-order chi connectivity index (χ0) is 14.7. The van der Waals surface area contributed by atoms with Crippen LogP contribution in [0.2, 0.25) is 0 Å². The van der Waals surface area contributed by atoms with Crippen LogP contribution in [0.1, 0.15) is 12.5 Å². The largest absolute Gasteiger partial charge is 0.389 e. The SMILES string of the molecule is CCN(C(=O)CN1C[C@@H](O)[C@@H](O)C1)c1ccccc1C. The molecule has 0 bridgehead atoms. The lowest BCUT2D eigenvalue weighted by Gasteiger charge is -2.25. The molecule has 0 radical (unpaired) electrons. The summed E-state index contributed by atoms with van der Waals surface area (Å²) in [5, 5.41) is 19.0. The number of hydrogen-bond donors (Lipinski definition) is 2. The number of rotatable bonds is 4. The van der Waals surface area contributed by atoms with E-state index in [1.807, 2.05) is 38.1 Å². The molecule has 0 aromatic heterocycles. The van der Waals surface area contributed by atoms with Gasteiger partial charge in [-0.05, 0) is 25.5 Å². The van der Waals surface area contributed by atoms with Gasteiger partial charge in [0, 0.05) is 25.3 Å². The standard InChI is InChI=1S/C15H22N2O3/c1-3-17(12-7-5-4-6-11(12)2)15(20)10-16-8-13(18)14(19)9-16/h4-7,13-14,18-19H,3,8-10H2,1-2H3/t13-,14+. The van der Waals surface area contributed by atoms with Crippen LogP contribution < -0.4 is 4.90 Å². The van der Waals surface area contributed by atoms with Gasteiger partial charge in [-0.15, -0.1) is 0 Å². The number of carbonyl (C=O) groups excluding carboxylic acids is 1. The molecule has 0 saturated carbocycles. The summed E-state index contributed by atoms with van der Waals surface area (Å²) in [6.07, 6.45) is -1.51. The summed E-state index contributed by atoms with van der Waals surface area (Å²) < 4.78 is 0. The molecule has 110 valence electrons. The Morgan fingerprint density at radius 2 is 1.90 bits per heavy atom. The second-order valence-electron chi connectivity index (χ2n) is 5.25. The van der Waals surface area contributed by atoms with Crippen LogP contribution in [-0.4, -0.2) is 59.4 Å². The van der Waals surface area contributed by atoms with Crippen LogP contribution in [0.15, 0.2) is 24.3 Å². The number of aliphatic hydroxyl groups excluding tert-OH is 2. The van der Waals surface area contributed by atoms with E-state index in [1.54, 1.807) is 9.80 Å². The van der Waals surface area contributed by atoms with Crippen molar-refractivity contribution in [2.24, 2.45) is 0 Å². The van der Waals surface area contributed by atoms with Crippen molar-refractivity contribution in [2.75, 3.05) is 31.1 Å². The number of likely N-dealkylation sites (tertiary alicyclic amines) is 1. The molecule has 2 rings (SSSR count). The first kappa shape index (κ1) is 15.0. The number of anilines is 1. The molecule has 5 heteroatoms. The van der Waals surface area contributed by atoms with E-state index in [-0.39, 0.29) is 12.5 Å². The highest BCUT2D eigenvalue weighted by Crippen LogP contribution is 2.20. The van der Waals surface area contributed by atoms with Gasteiger partial charge in [-0.2, -0.15) is 0 Å². The molecule has 1 aromatic rings. The molecule has 2 atom stereocenters. The Morgan fingerprint density at radius 1 is 1.30 bits per heavy atom. The van der Waals surface area contributed by atoms with Crippen molar-refractivity contribution in [1.29, 1.82) is 0 Å². The lowest BCUT2D eigenvalue weighted by atomic mass is 10.2. The summed E-state index contributed by atoms with van der Waals surface area (Å²) in [6.45, 7) is 5.43. The van der Waals surface area contributed by atoms with E-state index in [4.69, 9.17) is 0 Å². The van der Waals surface area contributed by atoms with Crippen molar-refractivity contribution >= 4 is 11.6 Å². The molecule has 1 aliphatic rings. The van der Waals surface area contributed by atoms with Crippen LogP contribution in [0.4, 0.5) is 5.69 Å². The van der Waals surface area contributed by atoms with Gasteiger partial charge in [0.25, 0.3) is 0 Å². The first-order valence-electron chi connectivity index (χ1n) is 6.97. The fourth-order valence-corrected chi connectivity index (χ4v) is 2.60. The Labute approximate surface area is 119 Å². The van der Waals surface area contributed by atoms with Crippen LogP contribution in [0.25, 0.3) is 0 Å². The Balaban J connectivity index is 2.05. The maximum Gasteiger partial charge on any atom is 0.241 e. The molecule has 1 aliphatic heterocycles. The van der Waals surface area contributed by atoms with Gasteiger partial charge in [0.15, 0.2) is 0 Å². The van der Waals surface area contributed by atoms with E-state index >= 15 is 0 Å². The highest BCUT2D eigenvalue weighted by atomic mass is 16.3. The molecule has 0 aliphatic carbocycles. The Morgan fingerprint density at radius 3 is 2.45 bits per heavy atom. The van der Waals surface area contributed by atoms with Crippen molar-refractivity contribution in [1.82, 2.24) is 4.90 Å². The highest BCUT2D eigenvalue weighted by molar-refractivity contribution is 5.95. The van der Waals surface area contributed by atoms with Gasteiger partial charge in [-0.1, -0.05) is 18.2 Å². The van der Waals surface area contributed by atoms with E-state index in [1.165, 1.54) is 0 Å². The van der Waals surface area contributed by atoms with Crippen LogP contribution >= 0.6 is 0 Å². The number of aliphatic hydroxyl groups is 2. The number of aryl methyl sites for hydroxylation is 1. The summed E-state index contributed by atoms with van der Waals surface area (Å²) in [4.78, 5) is 16.0. The Kier molecular flexibility index (Phi) is 4.75. The van der Waals surface area contributed by atoms with Crippen LogP contribution in [0.5, 0.6) is 0 Å². The predicted molar refractivity (Wildman–Crippen MR) is 77.7 cm³/mol. The number of hydrogen-bond acceptors (Lipinski definition) is 4. The van der Waals surface area contributed by atoms with Crippen LogP contribution in [0.3, 0.4) is 0 Å². The van der Waals surface area contributed by atoms with Crippen molar-refractivity contribution in [3.8, 4) is 0 Å². The van der Waals surface area contributed by atoms with Gasteiger partial charge < -0.3 is 15.1 Å². The minimum Gasteiger partial charge on any atom is -0.389 e. The summed E-state index contributed by atoms with van der Waals surface area (Å²) in [7, 11) is 0. The normalized spacial score (nSPS) is 23.0. The Bertz CT molecular complexity index is 468. The Hall–Kier alpha value is -1.43. The number of likely N-dealkylation sites (N-methyl/N-ethyl adjacent to an activating group) is 1. The van der Waals surface area contributed by atoms with Gasteiger partial charge in [0.2, 0.25) is 5.91 Å². The minimum atomic E-state index is -0.753. The van der Waals surface area contributed by atoms with Crippen molar-refractivity contribution < 1.29 is 15.0 Å². The van der Waals surface area contributed by atoms with Gasteiger partial charge in [0.05, 0.1) is 18.8 Å². The summed E-state index contributed by atoms with van der Waals surface area (Å²) >= 11 is 0. The molecule has 1 amide bonds. The van der Waals surface area contributed by atoms with E-state index in [9.17, 15) is 15.0 Å². The molecule has 1 saturated heterocycles. The number of β-amino-alcohol motifs (C(OH)–C–C–N with tert-alkyl or cyclic N) is 2. The number of amides is 1. The summed E-state index contributed by atoms with van der Waals surface area (Å²) in [5.41, 5.74) is 1.98. The molecular weight excluding hydrogens is 256 g/mol. The second kappa shape index (κ2) is 6.35. The number of carbonyl (C=O) groups is 1. The van der Waals surface area contributed by atoms with E-state index in [0.29, 0.717) is 19.6 Å². The minimum absolute atomic E-state index is 0.0110. The van der Waals surface area contributed by atoms with Crippen molar-refractivity contribution in [2.45, 2.75) is 26.1 Å². The first-order valence-corrected chi connectivity index (χ1v) is 6.97. The molecule has 0 spiro atoms. The van der Waals surface area contributed by atoms with Crippen LogP contribution in [-0.2, 0) is 4.79 Å². The smallest absolute Gasteiger partial charge is 0.241 e.